The lowest BCUT2D eigenvalue weighted by Gasteiger charge is -1.99. The molecule has 0 saturated carbocycles. The normalized spacial score (nSPS) is 9.91. The zero-order chi connectivity index (χ0) is 8.27. The minimum absolute atomic E-state index is 0.452. The van der Waals surface area contributed by atoms with Crippen molar-refractivity contribution in [1.82, 2.24) is 14.8 Å². The molecule has 5 heteroatoms. The Kier molecular flexibility index (Phi) is 2.53. The highest BCUT2D eigenvalue weighted by atomic mass is 32.1. The summed E-state index contributed by atoms with van der Waals surface area (Å²) in [7, 11) is 0. The number of nitrogens with zero attached hydrogens (tertiary/aromatic N) is 3. The Bertz CT molecular complexity index is 255. The maximum atomic E-state index is 5.36. The van der Waals surface area contributed by atoms with Gasteiger partial charge in [0.25, 0.3) is 0 Å². The fourth-order valence-corrected chi connectivity index (χ4v) is 0.974. The molecule has 0 aliphatic heterocycles. The number of nitrogens with two attached hydrogens (primary N) is 1. The number of rotatable bonds is 3. The first kappa shape index (κ1) is 8.13. The molecule has 1 heterocycles. The first-order valence-electron chi connectivity index (χ1n) is 3.39. The minimum atomic E-state index is 0.452. The van der Waals surface area contributed by atoms with Crippen LogP contribution in [0.15, 0.2) is 6.33 Å². The zero-order valence-electron chi connectivity index (χ0n) is 6.32. The molecule has 0 amide bonds. The van der Waals surface area contributed by atoms with E-state index in [-0.39, 0.29) is 0 Å². The van der Waals surface area contributed by atoms with Crippen molar-refractivity contribution in [1.29, 1.82) is 0 Å². The molecule has 1 aromatic heterocycles. The maximum absolute atomic E-state index is 5.36. The van der Waals surface area contributed by atoms with Crippen molar-refractivity contribution in [3.63, 3.8) is 0 Å². The van der Waals surface area contributed by atoms with Gasteiger partial charge in [-0.25, -0.2) is 9.67 Å². The van der Waals surface area contributed by atoms with Gasteiger partial charge in [0.05, 0.1) is 11.4 Å². The molecule has 0 radical (unpaired) electrons. The van der Waals surface area contributed by atoms with E-state index < -0.39 is 0 Å². The van der Waals surface area contributed by atoms with Gasteiger partial charge in [-0.2, -0.15) is 5.10 Å². The third-order valence-electron chi connectivity index (χ3n) is 1.33. The molecule has 4 nitrogen and oxygen atoms in total. The van der Waals surface area contributed by atoms with Gasteiger partial charge in [-0.1, -0.05) is 12.2 Å². The molecule has 0 aromatic carbocycles. The van der Waals surface area contributed by atoms with E-state index >= 15 is 0 Å². The first-order valence-corrected chi connectivity index (χ1v) is 3.80. The molecule has 2 N–H and O–H groups in total. The van der Waals surface area contributed by atoms with Crippen molar-refractivity contribution >= 4 is 17.2 Å². The molecule has 1 aromatic rings. The van der Waals surface area contributed by atoms with Gasteiger partial charge in [-0.05, 0) is 6.92 Å². The Hall–Kier alpha value is -0.970. The summed E-state index contributed by atoms with van der Waals surface area (Å²) in [5.74, 6) is 0.833. The summed E-state index contributed by atoms with van der Waals surface area (Å²) >= 11 is 4.75. The van der Waals surface area contributed by atoms with Crippen LogP contribution in [0.5, 0.6) is 0 Å². The topological polar surface area (TPSA) is 56.7 Å². The summed E-state index contributed by atoms with van der Waals surface area (Å²) in [5, 5.41) is 3.98. The fraction of sp³-hybridized carbons (Fsp3) is 0.500. The van der Waals surface area contributed by atoms with Crippen molar-refractivity contribution in [3.8, 4) is 0 Å². The van der Waals surface area contributed by atoms with Gasteiger partial charge in [0, 0.05) is 6.54 Å². The van der Waals surface area contributed by atoms with Gasteiger partial charge in [-0.15, -0.1) is 0 Å². The van der Waals surface area contributed by atoms with Crippen LogP contribution in [0.4, 0.5) is 0 Å². The molecule has 0 spiro atoms. The summed E-state index contributed by atoms with van der Waals surface area (Å²) in [6.45, 7) is 2.80. The van der Waals surface area contributed by atoms with Crippen molar-refractivity contribution < 1.29 is 0 Å². The van der Waals surface area contributed by atoms with Crippen LogP contribution in [-0.4, -0.2) is 19.8 Å². The lowest BCUT2D eigenvalue weighted by atomic mass is 10.4. The Morgan fingerprint density at radius 1 is 1.82 bits per heavy atom. The van der Waals surface area contributed by atoms with Gasteiger partial charge >= 0.3 is 0 Å². The maximum Gasteiger partial charge on any atom is 0.138 e. The summed E-state index contributed by atoms with van der Waals surface area (Å²) in [6.07, 6.45) is 2.04. The zero-order valence-corrected chi connectivity index (χ0v) is 7.14. The average molecular weight is 170 g/mol. The predicted molar refractivity (Wildman–Crippen MR) is 46.2 cm³/mol. The molecule has 0 bridgehead atoms. The van der Waals surface area contributed by atoms with Crippen LogP contribution in [0.1, 0.15) is 12.7 Å². The number of aromatic nitrogens is 3. The van der Waals surface area contributed by atoms with Gasteiger partial charge in [0.1, 0.15) is 12.2 Å². The average Bonchev–Trinajstić information content (AvgIpc) is 2.34. The monoisotopic (exact) mass is 170 g/mol. The summed E-state index contributed by atoms with van der Waals surface area (Å²) in [5.41, 5.74) is 5.36. The Morgan fingerprint density at radius 3 is 3.09 bits per heavy atom. The fourth-order valence-electron chi connectivity index (χ4n) is 0.845. The van der Waals surface area contributed by atoms with E-state index in [4.69, 9.17) is 18.0 Å². The number of hydrogen-bond acceptors (Lipinski definition) is 3. The highest BCUT2D eigenvalue weighted by Gasteiger charge is 2.02. The van der Waals surface area contributed by atoms with Gasteiger partial charge in [-0.3, -0.25) is 0 Å². The number of thiocarbonyl (C=S) groups is 1. The second-order valence-electron chi connectivity index (χ2n) is 2.14. The van der Waals surface area contributed by atoms with Crippen molar-refractivity contribution in [2.24, 2.45) is 5.73 Å². The quantitative estimate of drug-likeness (QED) is 0.655. The van der Waals surface area contributed by atoms with E-state index in [0.717, 1.165) is 12.4 Å². The van der Waals surface area contributed by atoms with Crippen LogP contribution in [-0.2, 0) is 13.0 Å². The Morgan fingerprint density at radius 2 is 2.55 bits per heavy atom. The van der Waals surface area contributed by atoms with Crippen LogP contribution in [0.3, 0.4) is 0 Å². The van der Waals surface area contributed by atoms with E-state index in [1.165, 1.54) is 6.33 Å². The molecule has 11 heavy (non-hydrogen) atoms. The smallest absolute Gasteiger partial charge is 0.138 e. The van der Waals surface area contributed by atoms with Crippen LogP contribution < -0.4 is 5.73 Å². The summed E-state index contributed by atoms with van der Waals surface area (Å²) < 4.78 is 1.78. The van der Waals surface area contributed by atoms with Crippen molar-refractivity contribution in [2.45, 2.75) is 19.9 Å². The van der Waals surface area contributed by atoms with Crippen LogP contribution in [0, 0.1) is 0 Å². The number of hydrogen-bond donors (Lipinski definition) is 1. The molecule has 0 aliphatic carbocycles. The second-order valence-corrected chi connectivity index (χ2v) is 2.66. The molecule has 0 saturated heterocycles. The van der Waals surface area contributed by atoms with Crippen molar-refractivity contribution in [3.05, 3.63) is 12.2 Å². The van der Waals surface area contributed by atoms with Crippen molar-refractivity contribution in [2.75, 3.05) is 0 Å². The first-order chi connectivity index (χ1) is 5.24. The van der Waals surface area contributed by atoms with E-state index in [1.54, 1.807) is 4.68 Å². The van der Waals surface area contributed by atoms with Gasteiger partial charge < -0.3 is 5.73 Å². The third kappa shape index (κ3) is 1.98. The lowest BCUT2D eigenvalue weighted by Crippen LogP contribution is -2.15. The summed E-state index contributed by atoms with van der Waals surface area (Å²) in [4.78, 5) is 4.46. The summed E-state index contributed by atoms with van der Waals surface area (Å²) in [6, 6.07) is 0. The molecule has 0 aliphatic rings. The van der Waals surface area contributed by atoms with E-state index in [2.05, 4.69) is 10.1 Å². The highest BCUT2D eigenvalue weighted by Crippen LogP contribution is 1.94. The third-order valence-corrected chi connectivity index (χ3v) is 1.47. The van der Waals surface area contributed by atoms with E-state index in [0.29, 0.717) is 11.4 Å². The Labute approximate surface area is 70.4 Å². The largest absolute Gasteiger partial charge is 0.393 e. The van der Waals surface area contributed by atoms with Crippen LogP contribution in [0.2, 0.25) is 0 Å². The Balaban J connectivity index is 2.76. The minimum Gasteiger partial charge on any atom is -0.393 e. The standard InChI is InChI=1S/C6H10N4S/c1-2-10-6(3-5(7)11)8-4-9-10/h4H,2-3H2,1H3,(H2,7,11). The number of aryl methyl sites for hydroxylation is 1. The van der Waals surface area contributed by atoms with E-state index in [1.807, 2.05) is 6.92 Å². The van der Waals surface area contributed by atoms with E-state index in [9.17, 15) is 0 Å². The molecule has 0 unspecified atom stereocenters. The molecule has 1 rings (SSSR count). The second kappa shape index (κ2) is 3.43. The molecular weight excluding hydrogens is 160 g/mol. The predicted octanol–water partition coefficient (Wildman–Crippen LogP) is 0.127. The van der Waals surface area contributed by atoms with Gasteiger partial charge in [0.15, 0.2) is 0 Å². The highest BCUT2D eigenvalue weighted by molar-refractivity contribution is 7.80. The SMILES string of the molecule is CCn1ncnc1CC(N)=S. The molecule has 0 atom stereocenters. The van der Waals surface area contributed by atoms with Crippen LogP contribution in [0.25, 0.3) is 0 Å². The molecule has 60 valence electrons. The lowest BCUT2D eigenvalue weighted by molar-refractivity contribution is 0.629. The van der Waals surface area contributed by atoms with Crippen LogP contribution >= 0.6 is 12.2 Å². The van der Waals surface area contributed by atoms with Gasteiger partial charge in [0.2, 0.25) is 0 Å². The molecule has 0 fully saturated rings. The molecular formula is C6H10N4S.